The van der Waals surface area contributed by atoms with Crippen molar-refractivity contribution in [1.82, 2.24) is 24.5 Å². The van der Waals surface area contributed by atoms with Crippen molar-refractivity contribution in [2.24, 2.45) is 0 Å². The maximum Gasteiger partial charge on any atom is 0.390 e. The van der Waals surface area contributed by atoms with Crippen molar-refractivity contribution in [3.8, 4) is 23.1 Å². The lowest BCUT2D eigenvalue weighted by molar-refractivity contribution is -0.131. The molecule has 7 rings (SSSR count). The van der Waals surface area contributed by atoms with Crippen molar-refractivity contribution in [1.29, 1.82) is 5.26 Å². The molecule has 0 saturated carbocycles. The molecule has 4 aromatic heterocycles. The molecule has 0 aliphatic carbocycles. The van der Waals surface area contributed by atoms with Gasteiger partial charge in [0.1, 0.15) is 11.9 Å². The topological polar surface area (TPSA) is 94.6 Å². The second kappa shape index (κ2) is 10.3. The minimum Gasteiger partial charge on any atom is -0.481 e. The number of alkyl halides is 3. The van der Waals surface area contributed by atoms with E-state index in [0.717, 1.165) is 43.0 Å². The van der Waals surface area contributed by atoms with Crippen molar-refractivity contribution in [3.05, 3.63) is 66.2 Å². The summed E-state index contributed by atoms with van der Waals surface area (Å²) in [5.74, 6) is 1.48. The Kier molecular flexibility index (Phi) is 6.67. The van der Waals surface area contributed by atoms with Crippen molar-refractivity contribution < 1.29 is 17.9 Å². The first-order valence-electron chi connectivity index (χ1n) is 13.0. The Morgan fingerprint density at radius 1 is 1.10 bits per heavy atom. The van der Waals surface area contributed by atoms with Gasteiger partial charge in [0.25, 0.3) is 0 Å². The van der Waals surface area contributed by atoms with Gasteiger partial charge in [-0.05, 0) is 30.2 Å². The van der Waals surface area contributed by atoms with E-state index in [2.05, 4.69) is 31.3 Å². The van der Waals surface area contributed by atoms with Crippen LogP contribution < -0.4 is 15.0 Å². The molecule has 9 nitrogen and oxygen atoms in total. The monoisotopic (exact) mass is 548 g/mol. The summed E-state index contributed by atoms with van der Waals surface area (Å²) in [5.41, 5.74) is 4.02. The number of piperazine rings is 1. The van der Waals surface area contributed by atoms with Crippen LogP contribution in [0.4, 0.5) is 24.7 Å². The Bertz CT molecular complexity index is 1530. The number of piperidine rings is 1. The molecule has 0 aromatic carbocycles. The van der Waals surface area contributed by atoms with Gasteiger partial charge >= 0.3 is 6.18 Å². The van der Waals surface area contributed by atoms with E-state index >= 15 is 0 Å². The zero-order valence-electron chi connectivity index (χ0n) is 21.8. The second-order valence-corrected chi connectivity index (χ2v) is 10.1. The molecule has 12 heteroatoms. The van der Waals surface area contributed by atoms with Crippen LogP contribution in [0.15, 0.2) is 55.1 Å². The van der Waals surface area contributed by atoms with Crippen molar-refractivity contribution >= 4 is 17.0 Å². The molecule has 0 amide bonds. The number of methoxy groups -OCH3 is 1. The lowest BCUT2D eigenvalue weighted by Crippen LogP contribution is -2.68. The largest absolute Gasteiger partial charge is 0.481 e. The highest BCUT2D eigenvalue weighted by molar-refractivity contribution is 5.86. The number of anilines is 2. The summed E-state index contributed by atoms with van der Waals surface area (Å²) in [6.45, 7) is 2.33. The van der Waals surface area contributed by atoms with Gasteiger partial charge in [-0.2, -0.15) is 23.5 Å². The number of fused-ring (bicyclic) bond motifs is 3. The van der Waals surface area contributed by atoms with Crippen LogP contribution in [-0.4, -0.2) is 69.5 Å². The Hall–Kier alpha value is -4.37. The number of nitriles is 1. The first kappa shape index (κ1) is 25.9. The number of nitrogens with one attached hydrogen (secondary N) is 1. The molecule has 3 aliphatic rings. The highest BCUT2D eigenvalue weighted by Crippen LogP contribution is 2.36. The molecule has 0 radical (unpaired) electrons. The minimum atomic E-state index is -4.25. The van der Waals surface area contributed by atoms with Gasteiger partial charge < -0.3 is 15.0 Å². The first-order chi connectivity index (χ1) is 19.3. The fourth-order valence-electron chi connectivity index (χ4n) is 5.57. The second-order valence-electron chi connectivity index (χ2n) is 10.1. The van der Waals surface area contributed by atoms with E-state index in [0.29, 0.717) is 40.3 Å². The summed E-state index contributed by atoms with van der Waals surface area (Å²) < 4.78 is 44.6. The summed E-state index contributed by atoms with van der Waals surface area (Å²) in [7, 11) is 1.61. The Balaban J connectivity index is 1.18. The number of rotatable bonds is 8. The normalized spacial score (nSPS) is 18.8. The predicted molar refractivity (Wildman–Crippen MR) is 143 cm³/mol. The van der Waals surface area contributed by atoms with E-state index in [1.807, 2.05) is 30.5 Å². The summed E-state index contributed by atoms with van der Waals surface area (Å²) in [4.78, 5) is 13.8. The SMILES string of the molecule is COc1ccc(CN2C3CC2CN(c2ccc(-c4cc(NCCC(F)(F)F)cn5ncc(C#N)c45)cn2)C3)cn1. The number of halogens is 3. The quantitative estimate of drug-likeness (QED) is 0.344. The van der Waals surface area contributed by atoms with Crippen LogP contribution in [0.1, 0.15) is 24.0 Å². The molecule has 0 spiro atoms. The van der Waals surface area contributed by atoms with Gasteiger partial charge in [0.2, 0.25) is 5.88 Å². The van der Waals surface area contributed by atoms with E-state index in [1.165, 1.54) is 10.7 Å². The fourth-order valence-corrected chi connectivity index (χ4v) is 5.57. The third-order valence-electron chi connectivity index (χ3n) is 7.57. The van der Waals surface area contributed by atoms with Crippen molar-refractivity contribution in [3.63, 3.8) is 0 Å². The highest BCUT2D eigenvalue weighted by Gasteiger charge is 2.44. The molecule has 40 heavy (non-hydrogen) atoms. The molecule has 2 unspecified atom stereocenters. The molecule has 7 heterocycles. The van der Waals surface area contributed by atoms with E-state index in [9.17, 15) is 18.4 Å². The van der Waals surface area contributed by atoms with Gasteiger partial charge in [-0.1, -0.05) is 6.07 Å². The molecular weight excluding hydrogens is 521 g/mol. The minimum absolute atomic E-state index is 0.263. The van der Waals surface area contributed by atoms with Crippen molar-refractivity contribution in [2.75, 3.05) is 37.0 Å². The van der Waals surface area contributed by atoms with E-state index < -0.39 is 12.6 Å². The van der Waals surface area contributed by atoms with Gasteiger partial charge in [0, 0.05) is 67.8 Å². The first-order valence-corrected chi connectivity index (χ1v) is 13.0. The molecule has 3 saturated heterocycles. The summed E-state index contributed by atoms with van der Waals surface area (Å²) in [6, 6.07) is 12.6. The number of nitrogens with zero attached hydrogens (tertiary/aromatic N) is 7. The Morgan fingerprint density at radius 2 is 1.93 bits per heavy atom. The Labute approximate surface area is 228 Å². The van der Waals surface area contributed by atoms with Gasteiger partial charge in [0.15, 0.2) is 0 Å². The molecule has 4 aromatic rings. The van der Waals surface area contributed by atoms with E-state index in [1.54, 1.807) is 25.6 Å². The van der Waals surface area contributed by atoms with E-state index in [-0.39, 0.29) is 6.54 Å². The van der Waals surface area contributed by atoms with Crippen LogP contribution in [0.5, 0.6) is 5.88 Å². The van der Waals surface area contributed by atoms with Gasteiger partial charge in [0.05, 0.1) is 42.7 Å². The fraction of sp³-hybridized carbons (Fsp3) is 0.357. The van der Waals surface area contributed by atoms with Crippen LogP contribution in [0.25, 0.3) is 16.6 Å². The van der Waals surface area contributed by atoms with Crippen molar-refractivity contribution in [2.45, 2.75) is 37.6 Å². The molecule has 1 N–H and O–H groups in total. The predicted octanol–water partition coefficient (Wildman–Crippen LogP) is 4.50. The van der Waals surface area contributed by atoms with Gasteiger partial charge in [-0.3, -0.25) is 4.90 Å². The number of hydrogen-bond acceptors (Lipinski definition) is 8. The molecule has 2 atom stereocenters. The zero-order chi connectivity index (χ0) is 27.9. The van der Waals surface area contributed by atoms with E-state index in [4.69, 9.17) is 9.72 Å². The lowest BCUT2D eigenvalue weighted by Gasteiger charge is -2.56. The molecule has 3 fully saturated rings. The third kappa shape index (κ3) is 5.12. The highest BCUT2D eigenvalue weighted by atomic mass is 19.4. The van der Waals surface area contributed by atoms with Gasteiger partial charge in [-0.25, -0.2) is 14.5 Å². The van der Waals surface area contributed by atoms with Crippen LogP contribution in [0.2, 0.25) is 0 Å². The number of hydrogen-bond donors (Lipinski definition) is 1. The molecule has 206 valence electrons. The molecule has 2 bridgehead atoms. The van der Waals surface area contributed by atoms with Crippen LogP contribution in [0, 0.1) is 11.3 Å². The molecule has 3 aliphatic heterocycles. The third-order valence-corrected chi connectivity index (χ3v) is 7.57. The van der Waals surface area contributed by atoms with Gasteiger partial charge in [-0.15, -0.1) is 0 Å². The number of pyridine rings is 3. The zero-order valence-corrected chi connectivity index (χ0v) is 21.8. The molecular formula is C28H27F3N8O. The number of aromatic nitrogens is 4. The summed E-state index contributed by atoms with van der Waals surface area (Å²) in [6.07, 6.45) is 2.60. The maximum atomic E-state index is 12.7. The summed E-state index contributed by atoms with van der Waals surface area (Å²) in [5, 5.41) is 16.7. The van der Waals surface area contributed by atoms with Crippen LogP contribution in [-0.2, 0) is 6.54 Å². The van der Waals surface area contributed by atoms with Crippen LogP contribution in [0.3, 0.4) is 0 Å². The van der Waals surface area contributed by atoms with Crippen LogP contribution >= 0.6 is 0 Å². The number of ether oxygens (including phenoxy) is 1. The average molecular weight is 549 g/mol. The summed E-state index contributed by atoms with van der Waals surface area (Å²) >= 11 is 0. The Morgan fingerprint density at radius 3 is 2.58 bits per heavy atom. The smallest absolute Gasteiger partial charge is 0.390 e. The lowest BCUT2D eigenvalue weighted by atomic mass is 9.87. The standard InChI is InChI=1S/C28H27F3N8O/c1-40-26-5-2-18(11-35-26)14-38-22-9-23(38)17-37(16-22)25-4-3-19(12-34-25)24-8-21(33-7-6-28(29,30)31)15-39-27(24)20(10-32)13-36-39/h2-5,8,11-13,15,22-23,33H,6-7,9,14,16-17H2,1H3. The maximum absolute atomic E-state index is 12.7. The average Bonchev–Trinajstić information content (AvgIpc) is 3.38.